The zero-order chi connectivity index (χ0) is 18.1. The highest BCUT2D eigenvalue weighted by molar-refractivity contribution is 6.33. The highest BCUT2D eigenvalue weighted by Gasteiger charge is 2.36. The molecule has 0 saturated heterocycles. The number of halogens is 2. The minimum absolute atomic E-state index is 0.0231. The number of hydrogen-bond donors (Lipinski definition) is 1. The number of rotatable bonds is 4. The second-order valence-electron chi connectivity index (χ2n) is 6.14. The highest BCUT2D eigenvalue weighted by Crippen LogP contribution is 2.37. The third-order valence-electron chi connectivity index (χ3n) is 4.52. The van der Waals surface area contributed by atoms with E-state index in [1.54, 1.807) is 4.90 Å². The molecule has 3 nitrogen and oxygen atoms in total. The van der Waals surface area contributed by atoms with Gasteiger partial charge < -0.3 is 10.2 Å². The number of para-hydroxylation sites is 1. The van der Waals surface area contributed by atoms with Crippen molar-refractivity contribution in [3.05, 3.63) is 99.5 Å². The first kappa shape index (κ1) is 17.0. The van der Waals surface area contributed by atoms with Crippen molar-refractivity contribution in [1.82, 2.24) is 4.90 Å². The molecular formula is C21H16Cl2N2O. The molecule has 3 aromatic rings. The number of carbonyl (C=O) groups is 1. The standard InChI is InChI=1S/C21H16Cl2N2O/c22-17-10-4-1-7-14(17)13-25-20(24-19-12-6-5-11-18(19)23)15-8-2-3-9-16(15)21(25)26/h1-12,20,24H,13H2. The van der Waals surface area contributed by atoms with Crippen LogP contribution >= 0.6 is 23.2 Å². The van der Waals surface area contributed by atoms with E-state index in [0.717, 1.165) is 16.8 Å². The van der Waals surface area contributed by atoms with Crippen LogP contribution in [-0.2, 0) is 6.54 Å². The van der Waals surface area contributed by atoms with Gasteiger partial charge in [0.15, 0.2) is 0 Å². The molecular weight excluding hydrogens is 367 g/mol. The summed E-state index contributed by atoms with van der Waals surface area (Å²) in [7, 11) is 0. The predicted octanol–water partition coefficient (Wildman–Crippen LogP) is 5.76. The number of carbonyl (C=O) groups excluding carboxylic acids is 1. The molecule has 0 spiro atoms. The topological polar surface area (TPSA) is 32.3 Å². The summed E-state index contributed by atoms with van der Waals surface area (Å²) in [6, 6.07) is 22.7. The first-order valence-electron chi connectivity index (χ1n) is 8.29. The van der Waals surface area contributed by atoms with E-state index in [1.165, 1.54) is 0 Å². The molecule has 1 aliphatic heterocycles. The van der Waals surface area contributed by atoms with Gasteiger partial charge in [-0.15, -0.1) is 0 Å². The lowest BCUT2D eigenvalue weighted by molar-refractivity contribution is 0.0729. The van der Waals surface area contributed by atoms with Crippen LogP contribution in [0.15, 0.2) is 72.8 Å². The van der Waals surface area contributed by atoms with Crippen LogP contribution in [0.5, 0.6) is 0 Å². The summed E-state index contributed by atoms with van der Waals surface area (Å²) in [5, 5.41) is 4.67. The minimum atomic E-state index is -0.310. The minimum Gasteiger partial charge on any atom is -0.360 e. The summed E-state index contributed by atoms with van der Waals surface area (Å²) < 4.78 is 0. The van der Waals surface area contributed by atoms with Gasteiger partial charge in [0.1, 0.15) is 6.17 Å². The third-order valence-corrected chi connectivity index (χ3v) is 5.22. The third kappa shape index (κ3) is 3.05. The van der Waals surface area contributed by atoms with Gasteiger partial charge in [-0.05, 0) is 29.8 Å². The first-order chi connectivity index (χ1) is 12.6. The quantitative estimate of drug-likeness (QED) is 0.621. The van der Waals surface area contributed by atoms with Crippen molar-refractivity contribution >= 4 is 34.8 Å². The molecule has 4 rings (SSSR count). The van der Waals surface area contributed by atoms with E-state index in [2.05, 4.69) is 5.32 Å². The zero-order valence-electron chi connectivity index (χ0n) is 13.8. The lowest BCUT2D eigenvalue weighted by atomic mass is 10.1. The Kier molecular flexibility index (Phi) is 4.58. The predicted molar refractivity (Wildman–Crippen MR) is 106 cm³/mol. The van der Waals surface area contributed by atoms with Crippen molar-refractivity contribution in [1.29, 1.82) is 0 Å². The Morgan fingerprint density at radius 1 is 0.846 bits per heavy atom. The van der Waals surface area contributed by atoms with Crippen LogP contribution in [0.1, 0.15) is 27.7 Å². The van der Waals surface area contributed by atoms with Gasteiger partial charge >= 0.3 is 0 Å². The van der Waals surface area contributed by atoms with E-state index < -0.39 is 0 Å². The van der Waals surface area contributed by atoms with E-state index in [-0.39, 0.29) is 12.1 Å². The van der Waals surface area contributed by atoms with Crippen molar-refractivity contribution < 1.29 is 4.79 Å². The number of anilines is 1. The van der Waals surface area contributed by atoms with Crippen LogP contribution < -0.4 is 5.32 Å². The Labute approximate surface area is 162 Å². The molecule has 1 atom stereocenters. The first-order valence-corrected chi connectivity index (χ1v) is 9.05. The van der Waals surface area contributed by atoms with Gasteiger partial charge in [-0.2, -0.15) is 0 Å². The molecule has 1 heterocycles. The smallest absolute Gasteiger partial charge is 0.256 e. The molecule has 1 N–H and O–H groups in total. The van der Waals surface area contributed by atoms with Gasteiger partial charge in [-0.3, -0.25) is 4.79 Å². The summed E-state index contributed by atoms with van der Waals surface area (Å²) in [6.45, 7) is 0.412. The molecule has 0 bridgehead atoms. The van der Waals surface area contributed by atoms with Gasteiger partial charge in [0, 0.05) is 22.7 Å². The van der Waals surface area contributed by atoms with Crippen molar-refractivity contribution in [2.45, 2.75) is 12.7 Å². The molecule has 1 unspecified atom stereocenters. The Hall–Kier alpha value is -2.49. The summed E-state index contributed by atoms with van der Waals surface area (Å²) in [5.41, 5.74) is 3.32. The lowest BCUT2D eigenvalue weighted by Gasteiger charge is -2.28. The molecule has 0 radical (unpaired) electrons. The highest BCUT2D eigenvalue weighted by atomic mass is 35.5. The van der Waals surface area contributed by atoms with Crippen molar-refractivity contribution in [3.8, 4) is 0 Å². The molecule has 0 saturated carbocycles. The number of amides is 1. The SMILES string of the molecule is O=C1c2ccccc2C(Nc2ccccc2Cl)N1Cc1ccccc1Cl. The number of nitrogens with one attached hydrogen (secondary N) is 1. The van der Waals surface area contributed by atoms with Gasteiger partial charge in [0.05, 0.1) is 10.7 Å². The second kappa shape index (κ2) is 7.02. The fourth-order valence-corrected chi connectivity index (χ4v) is 3.61. The molecule has 0 aromatic heterocycles. The van der Waals surface area contributed by atoms with Gasteiger partial charge in [-0.1, -0.05) is 71.7 Å². The number of hydrogen-bond acceptors (Lipinski definition) is 2. The van der Waals surface area contributed by atoms with E-state index in [1.807, 2.05) is 72.8 Å². The van der Waals surface area contributed by atoms with Crippen molar-refractivity contribution in [2.75, 3.05) is 5.32 Å². The molecule has 0 aliphatic carbocycles. The fourth-order valence-electron chi connectivity index (χ4n) is 3.22. The largest absolute Gasteiger partial charge is 0.360 e. The number of benzene rings is 3. The molecule has 1 amide bonds. The Morgan fingerprint density at radius 2 is 1.50 bits per heavy atom. The number of nitrogens with zero attached hydrogens (tertiary/aromatic N) is 1. The van der Waals surface area contributed by atoms with Crippen LogP contribution in [-0.4, -0.2) is 10.8 Å². The maximum atomic E-state index is 13.0. The molecule has 130 valence electrons. The maximum absolute atomic E-state index is 13.0. The normalized spacial score (nSPS) is 15.8. The molecule has 3 aromatic carbocycles. The van der Waals surface area contributed by atoms with Crippen LogP contribution in [0.3, 0.4) is 0 Å². The monoisotopic (exact) mass is 382 g/mol. The Balaban J connectivity index is 1.73. The summed E-state index contributed by atoms with van der Waals surface area (Å²) in [5.74, 6) is -0.0231. The second-order valence-corrected chi connectivity index (χ2v) is 6.95. The maximum Gasteiger partial charge on any atom is 0.256 e. The summed E-state index contributed by atoms with van der Waals surface area (Å²) in [4.78, 5) is 14.8. The summed E-state index contributed by atoms with van der Waals surface area (Å²) >= 11 is 12.6. The fraction of sp³-hybridized carbons (Fsp3) is 0.0952. The van der Waals surface area contributed by atoms with Crippen LogP contribution in [0, 0.1) is 0 Å². The Morgan fingerprint density at radius 3 is 2.27 bits per heavy atom. The van der Waals surface area contributed by atoms with E-state index in [9.17, 15) is 4.79 Å². The average Bonchev–Trinajstić information content (AvgIpc) is 2.91. The molecule has 0 fully saturated rings. The van der Waals surface area contributed by atoms with Crippen molar-refractivity contribution in [2.24, 2.45) is 0 Å². The van der Waals surface area contributed by atoms with E-state index in [0.29, 0.717) is 22.2 Å². The zero-order valence-corrected chi connectivity index (χ0v) is 15.3. The van der Waals surface area contributed by atoms with Crippen LogP contribution in [0.2, 0.25) is 10.0 Å². The van der Waals surface area contributed by atoms with Gasteiger partial charge in [0.25, 0.3) is 5.91 Å². The van der Waals surface area contributed by atoms with E-state index >= 15 is 0 Å². The van der Waals surface area contributed by atoms with Gasteiger partial charge in [-0.25, -0.2) is 0 Å². The van der Waals surface area contributed by atoms with Crippen LogP contribution in [0.4, 0.5) is 5.69 Å². The van der Waals surface area contributed by atoms with E-state index in [4.69, 9.17) is 23.2 Å². The number of fused-ring (bicyclic) bond motifs is 1. The summed E-state index contributed by atoms with van der Waals surface area (Å²) in [6.07, 6.45) is -0.310. The van der Waals surface area contributed by atoms with Crippen LogP contribution in [0.25, 0.3) is 0 Å². The average molecular weight is 383 g/mol. The van der Waals surface area contributed by atoms with Gasteiger partial charge in [0.2, 0.25) is 0 Å². The Bertz CT molecular complexity index is 973. The van der Waals surface area contributed by atoms with Crippen molar-refractivity contribution in [3.63, 3.8) is 0 Å². The molecule has 26 heavy (non-hydrogen) atoms. The molecule has 5 heteroatoms. The molecule has 1 aliphatic rings. The lowest BCUT2D eigenvalue weighted by Crippen LogP contribution is -2.32.